The van der Waals surface area contributed by atoms with Gasteiger partial charge < -0.3 is 4.52 Å². The van der Waals surface area contributed by atoms with Crippen LogP contribution < -0.4 is 0 Å². The summed E-state index contributed by atoms with van der Waals surface area (Å²) in [6.45, 7) is 1.96. The van der Waals surface area contributed by atoms with Gasteiger partial charge in [0.1, 0.15) is 11.4 Å². The Morgan fingerprint density at radius 2 is 2.24 bits per heavy atom. The minimum absolute atomic E-state index is 0.688. The molecule has 0 aliphatic rings. The first-order chi connectivity index (χ1) is 8.33. The molecule has 3 aromatic rings. The molecule has 5 heteroatoms. The van der Waals surface area contributed by atoms with Gasteiger partial charge in [0.2, 0.25) is 0 Å². The van der Waals surface area contributed by atoms with Gasteiger partial charge in [0.15, 0.2) is 5.76 Å². The molecule has 0 bridgehead atoms. The van der Waals surface area contributed by atoms with Crippen molar-refractivity contribution in [3.05, 3.63) is 41.0 Å². The number of rotatable bonds is 2. The average Bonchev–Trinajstić information content (AvgIpc) is 2.98. The molecule has 0 N–H and O–H groups in total. The second-order valence-corrected chi connectivity index (χ2v) is 4.63. The molecule has 0 unspecified atom stereocenters. The molecule has 0 saturated carbocycles. The van der Waals surface area contributed by atoms with Gasteiger partial charge in [0.05, 0.1) is 5.01 Å². The first kappa shape index (κ1) is 10.2. The Morgan fingerprint density at radius 3 is 2.94 bits per heavy atom. The minimum atomic E-state index is 0.688. The van der Waals surface area contributed by atoms with Crippen molar-refractivity contribution in [2.45, 2.75) is 6.92 Å². The Hall–Kier alpha value is -2.01. The van der Waals surface area contributed by atoms with Gasteiger partial charge in [0.25, 0.3) is 0 Å². The normalized spacial score (nSPS) is 10.6. The van der Waals surface area contributed by atoms with E-state index in [2.05, 4.69) is 15.1 Å². The fraction of sp³-hybridized carbons (Fsp3) is 0.0833. The van der Waals surface area contributed by atoms with Crippen molar-refractivity contribution in [2.24, 2.45) is 0 Å². The molecule has 84 valence electrons. The summed E-state index contributed by atoms with van der Waals surface area (Å²) < 4.78 is 5.28. The number of nitrogens with zero attached hydrogens (tertiary/aromatic N) is 3. The minimum Gasteiger partial charge on any atom is -0.354 e. The van der Waals surface area contributed by atoms with Gasteiger partial charge in [-0.25, -0.2) is 4.98 Å². The van der Waals surface area contributed by atoms with E-state index in [0.717, 1.165) is 22.0 Å². The summed E-state index contributed by atoms with van der Waals surface area (Å²) in [5, 5.41) is 7.00. The summed E-state index contributed by atoms with van der Waals surface area (Å²) in [4.78, 5) is 8.41. The Labute approximate surface area is 102 Å². The van der Waals surface area contributed by atoms with Crippen LogP contribution in [0.25, 0.3) is 22.7 Å². The van der Waals surface area contributed by atoms with E-state index >= 15 is 0 Å². The van der Waals surface area contributed by atoms with E-state index in [0.29, 0.717) is 5.76 Å². The lowest BCUT2D eigenvalue weighted by molar-refractivity contribution is 0.434. The maximum atomic E-state index is 5.28. The molecule has 3 heterocycles. The van der Waals surface area contributed by atoms with E-state index in [1.807, 2.05) is 30.5 Å². The summed E-state index contributed by atoms with van der Waals surface area (Å²) >= 11 is 1.59. The first-order valence-corrected chi connectivity index (χ1v) is 6.00. The number of thiazole rings is 1. The van der Waals surface area contributed by atoms with Crippen molar-refractivity contribution < 1.29 is 4.52 Å². The van der Waals surface area contributed by atoms with E-state index in [1.54, 1.807) is 23.7 Å². The van der Waals surface area contributed by atoms with Gasteiger partial charge >= 0.3 is 0 Å². The maximum Gasteiger partial charge on any atom is 0.186 e. The molecule has 0 aromatic carbocycles. The van der Waals surface area contributed by atoms with Crippen molar-refractivity contribution in [1.29, 1.82) is 0 Å². The van der Waals surface area contributed by atoms with Gasteiger partial charge in [-0.15, -0.1) is 11.3 Å². The average molecular weight is 243 g/mol. The largest absolute Gasteiger partial charge is 0.354 e. The van der Waals surface area contributed by atoms with Crippen LogP contribution in [-0.2, 0) is 0 Å². The SMILES string of the molecule is Cc1nc(-c2cc(-c3cccnc3)no2)cs1. The third kappa shape index (κ3) is 1.97. The lowest BCUT2D eigenvalue weighted by Gasteiger charge is -1.90. The summed E-state index contributed by atoms with van der Waals surface area (Å²) in [6, 6.07) is 5.70. The highest BCUT2D eigenvalue weighted by Crippen LogP contribution is 2.26. The predicted octanol–water partition coefficient (Wildman–Crippen LogP) is 3.17. The number of pyridine rings is 1. The van der Waals surface area contributed by atoms with E-state index in [-0.39, 0.29) is 0 Å². The van der Waals surface area contributed by atoms with E-state index in [1.165, 1.54) is 0 Å². The molecule has 0 saturated heterocycles. The Bertz CT molecular complexity index is 630. The zero-order chi connectivity index (χ0) is 11.7. The number of aromatic nitrogens is 3. The van der Waals surface area contributed by atoms with Gasteiger partial charge in [-0.05, 0) is 19.1 Å². The molecule has 0 atom stereocenters. The van der Waals surface area contributed by atoms with Gasteiger partial charge in [0, 0.05) is 29.4 Å². The molecule has 0 aliphatic carbocycles. The fourth-order valence-electron chi connectivity index (χ4n) is 1.52. The van der Waals surface area contributed by atoms with Crippen molar-refractivity contribution in [2.75, 3.05) is 0 Å². The van der Waals surface area contributed by atoms with Crippen LogP contribution in [0.5, 0.6) is 0 Å². The summed E-state index contributed by atoms with van der Waals surface area (Å²) in [5.41, 5.74) is 2.54. The smallest absolute Gasteiger partial charge is 0.186 e. The first-order valence-electron chi connectivity index (χ1n) is 5.12. The Morgan fingerprint density at radius 1 is 1.29 bits per heavy atom. The standard InChI is InChI=1S/C12H9N3OS/c1-8-14-11(7-17-8)12-5-10(15-16-12)9-3-2-4-13-6-9/h2-7H,1H3. The van der Waals surface area contributed by atoms with Crippen molar-refractivity contribution in [3.8, 4) is 22.7 Å². The Balaban J connectivity index is 1.99. The number of hydrogen-bond acceptors (Lipinski definition) is 5. The molecule has 3 rings (SSSR count). The third-order valence-corrected chi connectivity index (χ3v) is 3.11. The molecular formula is C12H9N3OS. The molecule has 4 nitrogen and oxygen atoms in total. The summed E-state index contributed by atoms with van der Waals surface area (Å²) in [5.74, 6) is 0.688. The molecule has 3 aromatic heterocycles. The highest BCUT2D eigenvalue weighted by atomic mass is 32.1. The molecular weight excluding hydrogens is 234 g/mol. The van der Waals surface area contributed by atoms with E-state index < -0.39 is 0 Å². The zero-order valence-electron chi connectivity index (χ0n) is 9.12. The lowest BCUT2D eigenvalue weighted by Crippen LogP contribution is -1.77. The van der Waals surface area contributed by atoms with E-state index in [9.17, 15) is 0 Å². The molecule has 0 spiro atoms. The molecule has 0 fully saturated rings. The maximum absolute atomic E-state index is 5.28. The van der Waals surface area contributed by atoms with Crippen LogP contribution in [0.2, 0.25) is 0 Å². The third-order valence-electron chi connectivity index (χ3n) is 2.34. The molecule has 0 amide bonds. The van der Waals surface area contributed by atoms with Crippen LogP contribution in [0, 0.1) is 6.92 Å². The van der Waals surface area contributed by atoms with Crippen LogP contribution in [0.3, 0.4) is 0 Å². The lowest BCUT2D eigenvalue weighted by atomic mass is 10.2. The summed E-state index contributed by atoms with van der Waals surface area (Å²) in [7, 11) is 0. The topological polar surface area (TPSA) is 51.8 Å². The fourth-order valence-corrected chi connectivity index (χ4v) is 2.12. The molecule has 17 heavy (non-hydrogen) atoms. The second kappa shape index (κ2) is 4.10. The predicted molar refractivity (Wildman–Crippen MR) is 65.6 cm³/mol. The van der Waals surface area contributed by atoms with Gasteiger partial charge in [-0.1, -0.05) is 5.16 Å². The van der Waals surface area contributed by atoms with Crippen LogP contribution in [0.1, 0.15) is 5.01 Å². The van der Waals surface area contributed by atoms with Crippen LogP contribution in [0.4, 0.5) is 0 Å². The number of aryl methyl sites for hydroxylation is 1. The van der Waals surface area contributed by atoms with Crippen LogP contribution in [-0.4, -0.2) is 15.1 Å². The van der Waals surface area contributed by atoms with Crippen molar-refractivity contribution in [1.82, 2.24) is 15.1 Å². The molecule has 0 radical (unpaired) electrons. The van der Waals surface area contributed by atoms with E-state index in [4.69, 9.17) is 4.52 Å². The van der Waals surface area contributed by atoms with Crippen molar-refractivity contribution in [3.63, 3.8) is 0 Å². The molecule has 0 aliphatic heterocycles. The Kier molecular flexibility index (Phi) is 2.45. The number of hydrogen-bond donors (Lipinski definition) is 0. The summed E-state index contributed by atoms with van der Waals surface area (Å²) in [6.07, 6.45) is 3.49. The van der Waals surface area contributed by atoms with Crippen LogP contribution >= 0.6 is 11.3 Å². The second-order valence-electron chi connectivity index (χ2n) is 3.57. The zero-order valence-corrected chi connectivity index (χ0v) is 9.94. The highest BCUT2D eigenvalue weighted by molar-refractivity contribution is 7.09. The monoisotopic (exact) mass is 243 g/mol. The van der Waals surface area contributed by atoms with Crippen molar-refractivity contribution >= 4 is 11.3 Å². The van der Waals surface area contributed by atoms with Gasteiger partial charge in [-0.3, -0.25) is 4.98 Å². The van der Waals surface area contributed by atoms with Gasteiger partial charge in [-0.2, -0.15) is 0 Å². The highest BCUT2D eigenvalue weighted by Gasteiger charge is 2.10. The quantitative estimate of drug-likeness (QED) is 0.693. The van der Waals surface area contributed by atoms with Crippen LogP contribution in [0.15, 0.2) is 40.5 Å².